The summed E-state index contributed by atoms with van der Waals surface area (Å²) >= 11 is 5.94. The highest BCUT2D eigenvalue weighted by molar-refractivity contribution is 6.31. The molecule has 3 aromatic carbocycles. The fourth-order valence-corrected chi connectivity index (χ4v) is 2.69. The summed E-state index contributed by atoms with van der Waals surface area (Å²) in [5, 5.41) is 9.87. The van der Waals surface area contributed by atoms with Crippen molar-refractivity contribution in [3.05, 3.63) is 83.4 Å². The highest BCUT2D eigenvalue weighted by Crippen LogP contribution is 2.34. The van der Waals surface area contributed by atoms with E-state index in [1.807, 2.05) is 54.6 Å². The summed E-state index contributed by atoms with van der Waals surface area (Å²) < 4.78 is 0. The molecular weight excluding hydrogens is 296 g/mol. The Morgan fingerprint density at radius 2 is 1.41 bits per heavy atom. The average molecular weight is 309 g/mol. The smallest absolute Gasteiger partial charge is 0.336 e. The first-order valence-corrected chi connectivity index (χ1v) is 7.22. The summed E-state index contributed by atoms with van der Waals surface area (Å²) in [7, 11) is 0. The van der Waals surface area contributed by atoms with Crippen molar-refractivity contribution in [2.24, 2.45) is 0 Å². The molecule has 0 aliphatic carbocycles. The highest BCUT2D eigenvalue weighted by atomic mass is 35.5. The maximum atomic E-state index is 11.5. The van der Waals surface area contributed by atoms with E-state index in [-0.39, 0.29) is 5.56 Å². The molecule has 0 saturated heterocycles. The van der Waals surface area contributed by atoms with E-state index in [0.29, 0.717) is 10.6 Å². The van der Waals surface area contributed by atoms with Crippen molar-refractivity contribution in [3.63, 3.8) is 0 Å². The normalized spacial score (nSPS) is 10.4. The molecule has 0 aromatic heterocycles. The summed E-state index contributed by atoms with van der Waals surface area (Å²) in [6, 6.07) is 22.6. The minimum Gasteiger partial charge on any atom is -0.478 e. The third-order valence-corrected chi connectivity index (χ3v) is 3.75. The zero-order valence-corrected chi connectivity index (χ0v) is 12.4. The van der Waals surface area contributed by atoms with Crippen LogP contribution in [0.1, 0.15) is 10.4 Å². The molecule has 2 nitrogen and oxygen atoms in total. The Balaban J connectivity index is 2.25. The van der Waals surface area contributed by atoms with E-state index in [9.17, 15) is 9.90 Å². The molecular formula is C19H13ClO2. The van der Waals surface area contributed by atoms with E-state index in [4.69, 9.17) is 11.6 Å². The molecule has 108 valence electrons. The van der Waals surface area contributed by atoms with E-state index >= 15 is 0 Å². The topological polar surface area (TPSA) is 37.3 Å². The third-order valence-electron chi connectivity index (χ3n) is 3.51. The molecule has 0 heterocycles. The van der Waals surface area contributed by atoms with Gasteiger partial charge in [0.2, 0.25) is 0 Å². The molecule has 1 N–H and O–H groups in total. The van der Waals surface area contributed by atoms with Gasteiger partial charge in [0.05, 0.1) is 5.56 Å². The van der Waals surface area contributed by atoms with Crippen LogP contribution in [0.15, 0.2) is 72.8 Å². The molecule has 0 radical (unpaired) electrons. The summed E-state index contributed by atoms with van der Waals surface area (Å²) in [4.78, 5) is 11.5. The number of halogens is 1. The highest BCUT2D eigenvalue weighted by Gasteiger charge is 2.15. The van der Waals surface area contributed by atoms with Gasteiger partial charge in [-0.2, -0.15) is 0 Å². The lowest BCUT2D eigenvalue weighted by Crippen LogP contribution is -2.00. The first-order valence-electron chi connectivity index (χ1n) is 6.84. The quantitative estimate of drug-likeness (QED) is 0.706. The van der Waals surface area contributed by atoms with E-state index in [1.54, 1.807) is 12.1 Å². The number of rotatable bonds is 3. The minimum atomic E-state index is -0.986. The SMILES string of the molecule is O=C(O)c1cc(Cl)ccc1-c1ccccc1-c1ccccc1. The van der Waals surface area contributed by atoms with Crippen LogP contribution in [-0.4, -0.2) is 11.1 Å². The van der Waals surface area contributed by atoms with Gasteiger partial charge in [-0.05, 0) is 34.4 Å². The van der Waals surface area contributed by atoms with Crippen LogP contribution >= 0.6 is 11.6 Å². The second-order valence-corrected chi connectivity index (χ2v) is 5.34. The van der Waals surface area contributed by atoms with E-state index in [2.05, 4.69) is 0 Å². The van der Waals surface area contributed by atoms with Crippen LogP contribution < -0.4 is 0 Å². The predicted molar refractivity (Wildman–Crippen MR) is 89.3 cm³/mol. The van der Waals surface area contributed by atoms with Crippen LogP contribution in [0.2, 0.25) is 5.02 Å². The van der Waals surface area contributed by atoms with E-state index < -0.39 is 5.97 Å². The Kier molecular flexibility index (Phi) is 3.94. The third kappa shape index (κ3) is 2.74. The van der Waals surface area contributed by atoms with Crippen LogP contribution in [0.25, 0.3) is 22.3 Å². The van der Waals surface area contributed by atoms with Crippen LogP contribution in [0.5, 0.6) is 0 Å². The minimum absolute atomic E-state index is 0.205. The summed E-state index contributed by atoms with van der Waals surface area (Å²) in [5.41, 5.74) is 3.78. The maximum Gasteiger partial charge on any atom is 0.336 e. The summed E-state index contributed by atoms with van der Waals surface area (Å²) in [5.74, 6) is -0.986. The second kappa shape index (κ2) is 6.04. The number of hydrogen-bond donors (Lipinski definition) is 1. The molecule has 0 unspecified atom stereocenters. The maximum absolute atomic E-state index is 11.5. The Hall–Kier alpha value is -2.58. The number of carboxylic acid groups (broad SMARTS) is 1. The van der Waals surface area contributed by atoms with Crippen molar-refractivity contribution in [2.75, 3.05) is 0 Å². The van der Waals surface area contributed by atoms with E-state index in [1.165, 1.54) is 6.07 Å². The molecule has 0 spiro atoms. The largest absolute Gasteiger partial charge is 0.478 e. The molecule has 3 heteroatoms. The Bertz CT molecular complexity index is 826. The number of hydrogen-bond acceptors (Lipinski definition) is 1. The van der Waals surface area contributed by atoms with Gasteiger partial charge in [0.1, 0.15) is 0 Å². The van der Waals surface area contributed by atoms with Crippen molar-refractivity contribution >= 4 is 17.6 Å². The van der Waals surface area contributed by atoms with Gasteiger partial charge in [-0.25, -0.2) is 4.79 Å². The fourth-order valence-electron chi connectivity index (χ4n) is 2.52. The van der Waals surface area contributed by atoms with Crippen LogP contribution in [0, 0.1) is 0 Å². The molecule has 0 aliphatic rings. The lowest BCUT2D eigenvalue weighted by atomic mass is 9.92. The number of benzene rings is 3. The molecule has 0 aliphatic heterocycles. The Morgan fingerprint density at radius 1 is 0.773 bits per heavy atom. The molecule has 3 aromatic rings. The van der Waals surface area contributed by atoms with E-state index in [0.717, 1.165) is 16.7 Å². The Labute approximate surface area is 133 Å². The van der Waals surface area contributed by atoms with Crippen molar-refractivity contribution in [3.8, 4) is 22.3 Å². The van der Waals surface area contributed by atoms with Crippen molar-refractivity contribution in [2.45, 2.75) is 0 Å². The fraction of sp³-hybridized carbons (Fsp3) is 0. The predicted octanol–water partition coefficient (Wildman–Crippen LogP) is 5.37. The molecule has 0 bridgehead atoms. The van der Waals surface area contributed by atoms with Gasteiger partial charge in [0.25, 0.3) is 0 Å². The summed E-state index contributed by atoms with van der Waals surface area (Å²) in [6.45, 7) is 0. The molecule has 0 saturated carbocycles. The van der Waals surface area contributed by atoms with Crippen molar-refractivity contribution in [1.82, 2.24) is 0 Å². The first kappa shape index (κ1) is 14.4. The van der Waals surface area contributed by atoms with Crippen molar-refractivity contribution in [1.29, 1.82) is 0 Å². The Morgan fingerprint density at radius 3 is 2.09 bits per heavy atom. The zero-order chi connectivity index (χ0) is 15.5. The van der Waals surface area contributed by atoms with Gasteiger partial charge in [0.15, 0.2) is 0 Å². The number of carboxylic acids is 1. The van der Waals surface area contributed by atoms with Crippen molar-refractivity contribution < 1.29 is 9.90 Å². The first-order chi connectivity index (χ1) is 10.7. The molecule has 0 fully saturated rings. The van der Waals surface area contributed by atoms with Gasteiger partial charge in [-0.3, -0.25) is 0 Å². The second-order valence-electron chi connectivity index (χ2n) is 4.91. The standard InChI is InChI=1S/C19H13ClO2/c20-14-10-11-17(18(12-14)19(21)22)16-9-5-4-8-15(16)13-6-2-1-3-7-13/h1-12H,(H,21,22). The number of aromatic carboxylic acids is 1. The van der Waals surface area contributed by atoms with Crippen LogP contribution in [0.3, 0.4) is 0 Å². The summed E-state index contributed by atoms with van der Waals surface area (Å²) in [6.07, 6.45) is 0. The molecule has 3 rings (SSSR count). The lowest BCUT2D eigenvalue weighted by molar-refractivity contribution is 0.0697. The average Bonchev–Trinajstić information content (AvgIpc) is 2.55. The van der Waals surface area contributed by atoms with Crippen LogP contribution in [0.4, 0.5) is 0 Å². The van der Waals surface area contributed by atoms with Gasteiger partial charge < -0.3 is 5.11 Å². The molecule has 0 amide bonds. The monoisotopic (exact) mass is 308 g/mol. The number of carbonyl (C=O) groups is 1. The van der Waals surface area contributed by atoms with Gasteiger partial charge in [0, 0.05) is 5.02 Å². The molecule has 22 heavy (non-hydrogen) atoms. The van der Waals surface area contributed by atoms with Crippen LogP contribution in [-0.2, 0) is 0 Å². The van der Waals surface area contributed by atoms with Gasteiger partial charge in [-0.1, -0.05) is 72.3 Å². The lowest BCUT2D eigenvalue weighted by Gasteiger charge is -2.12. The molecule has 0 atom stereocenters. The van der Waals surface area contributed by atoms with Gasteiger partial charge in [-0.15, -0.1) is 0 Å². The van der Waals surface area contributed by atoms with Gasteiger partial charge >= 0.3 is 5.97 Å². The zero-order valence-electron chi connectivity index (χ0n) is 11.7.